The molecule has 0 atom stereocenters. The molecule has 0 saturated carbocycles. The quantitative estimate of drug-likeness (QED) is 0.696. The molecule has 0 aliphatic heterocycles. The summed E-state index contributed by atoms with van der Waals surface area (Å²) in [6.45, 7) is 4.27. The first-order valence-corrected chi connectivity index (χ1v) is 7.16. The number of hydrogen-bond acceptors (Lipinski definition) is 5. The van der Waals surface area contributed by atoms with Crippen LogP contribution in [-0.4, -0.2) is 56.3 Å². The number of methoxy groups -OCH3 is 2. The Balaban J connectivity index is 2.84. The highest BCUT2D eigenvalue weighted by Gasteiger charge is 2.16. The number of carbonyl (C=O) groups excluding carboxylic acids is 1. The van der Waals surface area contributed by atoms with Gasteiger partial charge in [0.1, 0.15) is 5.82 Å². The van der Waals surface area contributed by atoms with Crippen molar-refractivity contribution in [1.82, 2.24) is 9.88 Å². The highest BCUT2D eigenvalue weighted by molar-refractivity contribution is 5.95. The Morgan fingerprint density at radius 2 is 1.95 bits per heavy atom. The van der Waals surface area contributed by atoms with E-state index < -0.39 is 0 Å². The van der Waals surface area contributed by atoms with Crippen molar-refractivity contribution in [3.05, 3.63) is 23.4 Å². The molecule has 0 spiro atoms. The molecule has 0 aliphatic carbocycles. The van der Waals surface area contributed by atoms with Gasteiger partial charge in [-0.05, 0) is 25.0 Å². The van der Waals surface area contributed by atoms with E-state index in [2.05, 4.69) is 4.98 Å². The fourth-order valence-corrected chi connectivity index (χ4v) is 2.01. The number of nitrogens with zero attached hydrogens (tertiary/aromatic N) is 2. The van der Waals surface area contributed by atoms with Gasteiger partial charge in [-0.3, -0.25) is 4.79 Å². The van der Waals surface area contributed by atoms with Crippen LogP contribution < -0.4 is 5.73 Å². The fraction of sp³-hybridized carbons (Fsp3) is 0.600. The number of amides is 1. The van der Waals surface area contributed by atoms with Gasteiger partial charge in [-0.25, -0.2) is 4.98 Å². The highest BCUT2D eigenvalue weighted by Crippen LogP contribution is 2.12. The molecule has 6 heteroatoms. The van der Waals surface area contributed by atoms with Gasteiger partial charge in [-0.1, -0.05) is 6.92 Å². The Hall–Kier alpha value is -1.66. The number of carbonyl (C=O) groups is 1. The molecule has 6 nitrogen and oxygen atoms in total. The lowest BCUT2D eigenvalue weighted by Crippen LogP contribution is -2.35. The molecular formula is C15H25N3O3. The van der Waals surface area contributed by atoms with Crippen LogP contribution in [-0.2, 0) is 15.9 Å². The Bertz CT molecular complexity index is 452. The molecule has 2 N–H and O–H groups in total. The summed E-state index contributed by atoms with van der Waals surface area (Å²) in [7, 11) is 3.27. The van der Waals surface area contributed by atoms with E-state index in [1.165, 1.54) is 0 Å². The fourth-order valence-electron chi connectivity index (χ4n) is 2.01. The molecule has 1 amide bonds. The van der Waals surface area contributed by atoms with Crippen LogP contribution >= 0.6 is 0 Å². The van der Waals surface area contributed by atoms with E-state index in [4.69, 9.17) is 15.2 Å². The topological polar surface area (TPSA) is 77.7 Å². The minimum Gasteiger partial charge on any atom is -0.385 e. The normalized spacial score (nSPS) is 10.6. The summed E-state index contributed by atoms with van der Waals surface area (Å²) >= 11 is 0. The second-order valence-electron chi connectivity index (χ2n) is 4.76. The van der Waals surface area contributed by atoms with Crippen molar-refractivity contribution in [1.29, 1.82) is 0 Å². The first kappa shape index (κ1) is 17.4. The number of pyridine rings is 1. The first-order valence-electron chi connectivity index (χ1n) is 7.16. The third kappa shape index (κ3) is 5.69. The summed E-state index contributed by atoms with van der Waals surface area (Å²) in [4.78, 5) is 18.6. The van der Waals surface area contributed by atoms with Crippen LogP contribution in [0.4, 0.5) is 5.82 Å². The molecule has 0 fully saturated rings. The molecule has 0 aromatic carbocycles. The van der Waals surface area contributed by atoms with Gasteiger partial charge < -0.3 is 20.1 Å². The molecule has 1 rings (SSSR count). The van der Waals surface area contributed by atoms with Gasteiger partial charge in [0.2, 0.25) is 0 Å². The molecule has 1 aromatic heterocycles. The van der Waals surface area contributed by atoms with Crippen molar-refractivity contribution in [2.75, 3.05) is 46.3 Å². The molecule has 118 valence electrons. The number of nitrogens with two attached hydrogens (primary N) is 1. The number of hydrogen-bond donors (Lipinski definition) is 1. The molecule has 0 saturated heterocycles. The summed E-state index contributed by atoms with van der Waals surface area (Å²) in [6, 6.07) is 3.42. The monoisotopic (exact) mass is 295 g/mol. The molecule has 0 radical (unpaired) electrons. The summed E-state index contributed by atoms with van der Waals surface area (Å²) in [6.07, 6.45) is 1.53. The maximum Gasteiger partial charge on any atom is 0.254 e. The van der Waals surface area contributed by atoms with Gasteiger partial charge in [0.05, 0.1) is 6.61 Å². The van der Waals surface area contributed by atoms with Crippen molar-refractivity contribution < 1.29 is 14.3 Å². The molecule has 1 heterocycles. The summed E-state index contributed by atoms with van der Waals surface area (Å²) < 4.78 is 10.1. The Labute approximate surface area is 126 Å². The van der Waals surface area contributed by atoms with Crippen LogP contribution in [0.25, 0.3) is 0 Å². The zero-order valence-corrected chi connectivity index (χ0v) is 13.1. The SMILES string of the molecule is CCc1cc(C(=O)N(CCCOC)CCOC)cc(N)n1. The average Bonchev–Trinajstić information content (AvgIpc) is 2.49. The van der Waals surface area contributed by atoms with E-state index in [0.29, 0.717) is 37.7 Å². The number of nitrogen functional groups attached to an aromatic ring is 1. The highest BCUT2D eigenvalue weighted by atomic mass is 16.5. The number of ether oxygens (including phenoxy) is 2. The number of rotatable bonds is 9. The predicted molar refractivity (Wildman–Crippen MR) is 82.3 cm³/mol. The van der Waals surface area contributed by atoms with Crippen molar-refractivity contribution in [3.63, 3.8) is 0 Å². The van der Waals surface area contributed by atoms with Gasteiger partial charge in [0, 0.05) is 45.2 Å². The van der Waals surface area contributed by atoms with Crippen LogP contribution in [0, 0.1) is 0 Å². The minimum absolute atomic E-state index is 0.0491. The van der Waals surface area contributed by atoms with Crippen LogP contribution in [0.1, 0.15) is 29.4 Å². The van der Waals surface area contributed by atoms with E-state index in [1.807, 2.05) is 6.92 Å². The van der Waals surface area contributed by atoms with E-state index in [0.717, 1.165) is 18.5 Å². The summed E-state index contributed by atoms with van der Waals surface area (Å²) in [5, 5.41) is 0. The van der Waals surface area contributed by atoms with Crippen LogP contribution in [0.5, 0.6) is 0 Å². The van der Waals surface area contributed by atoms with Crippen molar-refractivity contribution in [3.8, 4) is 0 Å². The average molecular weight is 295 g/mol. The van der Waals surface area contributed by atoms with Gasteiger partial charge in [0.25, 0.3) is 5.91 Å². The molecule has 21 heavy (non-hydrogen) atoms. The molecule has 0 bridgehead atoms. The Kier molecular flexibility index (Phi) is 7.71. The lowest BCUT2D eigenvalue weighted by atomic mass is 10.1. The van der Waals surface area contributed by atoms with Crippen LogP contribution in [0.15, 0.2) is 12.1 Å². The maximum absolute atomic E-state index is 12.6. The first-order chi connectivity index (χ1) is 10.1. The predicted octanol–water partition coefficient (Wildman–Crippen LogP) is 1.35. The zero-order valence-electron chi connectivity index (χ0n) is 13.1. The number of aryl methyl sites for hydroxylation is 1. The summed E-state index contributed by atoms with van der Waals surface area (Å²) in [5.74, 6) is 0.327. The smallest absolute Gasteiger partial charge is 0.254 e. The van der Waals surface area contributed by atoms with E-state index >= 15 is 0 Å². The van der Waals surface area contributed by atoms with Crippen LogP contribution in [0.2, 0.25) is 0 Å². The Morgan fingerprint density at radius 3 is 2.57 bits per heavy atom. The zero-order chi connectivity index (χ0) is 15.7. The number of anilines is 1. The minimum atomic E-state index is -0.0491. The van der Waals surface area contributed by atoms with Gasteiger partial charge in [-0.15, -0.1) is 0 Å². The second-order valence-corrected chi connectivity index (χ2v) is 4.76. The van der Waals surface area contributed by atoms with Gasteiger partial charge in [-0.2, -0.15) is 0 Å². The van der Waals surface area contributed by atoms with Crippen molar-refractivity contribution in [2.24, 2.45) is 0 Å². The largest absolute Gasteiger partial charge is 0.385 e. The van der Waals surface area contributed by atoms with Gasteiger partial charge >= 0.3 is 0 Å². The van der Waals surface area contributed by atoms with Crippen molar-refractivity contribution >= 4 is 11.7 Å². The second kappa shape index (κ2) is 9.31. The number of aromatic nitrogens is 1. The molecule has 0 unspecified atom stereocenters. The van der Waals surface area contributed by atoms with Crippen LogP contribution in [0.3, 0.4) is 0 Å². The van der Waals surface area contributed by atoms with Crippen molar-refractivity contribution in [2.45, 2.75) is 19.8 Å². The maximum atomic E-state index is 12.6. The lowest BCUT2D eigenvalue weighted by molar-refractivity contribution is 0.0674. The van der Waals surface area contributed by atoms with E-state index in [9.17, 15) is 4.79 Å². The molecule has 0 aliphatic rings. The van der Waals surface area contributed by atoms with Gasteiger partial charge in [0.15, 0.2) is 0 Å². The van der Waals surface area contributed by atoms with E-state index in [1.54, 1.807) is 31.3 Å². The van der Waals surface area contributed by atoms with E-state index in [-0.39, 0.29) is 5.91 Å². The third-order valence-electron chi connectivity index (χ3n) is 3.14. The molecular weight excluding hydrogens is 270 g/mol. The molecule has 1 aromatic rings. The summed E-state index contributed by atoms with van der Waals surface area (Å²) in [5.41, 5.74) is 7.17. The standard InChI is InChI=1S/C15H25N3O3/c1-4-13-10-12(11-14(16)17-13)15(19)18(7-9-21-3)6-5-8-20-2/h10-11H,4-9H2,1-3H3,(H2,16,17). The third-order valence-corrected chi connectivity index (χ3v) is 3.14. The lowest BCUT2D eigenvalue weighted by Gasteiger charge is -2.22. The Morgan fingerprint density at radius 1 is 1.24 bits per heavy atom.